The summed E-state index contributed by atoms with van der Waals surface area (Å²) in [5.74, 6) is -4.06. The second-order valence-electron chi connectivity index (χ2n) is 10.8. The highest BCUT2D eigenvalue weighted by Crippen LogP contribution is 2.52. The van der Waals surface area contributed by atoms with Crippen molar-refractivity contribution in [2.45, 2.75) is 36.0 Å². The summed E-state index contributed by atoms with van der Waals surface area (Å²) in [6.45, 7) is 1.18. The highest BCUT2D eigenvalue weighted by atomic mass is 32.2. The lowest BCUT2D eigenvalue weighted by Crippen LogP contribution is -2.39. The van der Waals surface area contributed by atoms with Crippen LogP contribution in [0.5, 0.6) is 0 Å². The van der Waals surface area contributed by atoms with Crippen molar-refractivity contribution in [2.24, 2.45) is 0 Å². The lowest BCUT2D eigenvalue weighted by atomic mass is 9.84. The number of esters is 1. The number of benzene rings is 4. The van der Waals surface area contributed by atoms with E-state index in [0.717, 1.165) is 22.8 Å². The maximum Gasteiger partial charge on any atom is 0.410 e. The summed E-state index contributed by atoms with van der Waals surface area (Å²) in [5, 5.41) is -0.135. The predicted molar refractivity (Wildman–Crippen MR) is 170 cm³/mol. The third-order valence-electron chi connectivity index (χ3n) is 7.77. The largest absolute Gasteiger partial charge is 0.463 e. The Morgan fingerprint density at radius 3 is 1.89 bits per heavy atom. The van der Waals surface area contributed by atoms with E-state index in [-0.39, 0.29) is 37.2 Å². The van der Waals surface area contributed by atoms with Gasteiger partial charge >= 0.3 is 12.1 Å². The van der Waals surface area contributed by atoms with Gasteiger partial charge in [-0.25, -0.2) is 22.8 Å². The molecule has 0 bridgehead atoms. The molecule has 1 aliphatic rings. The van der Waals surface area contributed by atoms with Gasteiger partial charge in [-0.15, -0.1) is 11.8 Å². The number of amides is 1. The Bertz CT molecular complexity index is 1510. The maximum atomic E-state index is 14.3. The van der Waals surface area contributed by atoms with E-state index in [4.69, 9.17) is 14.2 Å². The standard InChI is InChI=1S/C36H34F3NO5S/c1-2-44-34(41)24-45-35(42)40-21-30(19-29(40)23-43-22-25-18-32(38)33(39)20-31(25)37)46-36(26-12-6-3-7-13-26,27-14-8-4-9-15-27)28-16-10-5-11-17-28/h3-18,20,29-30H,2,19,21-24H2,1H3/t29-,30+/m0/s1. The van der Waals surface area contributed by atoms with Crippen molar-refractivity contribution in [1.29, 1.82) is 0 Å². The number of likely N-dealkylation sites (tertiary alicyclic amines) is 1. The number of ether oxygens (including phenoxy) is 3. The van der Waals surface area contributed by atoms with Gasteiger partial charge < -0.3 is 19.1 Å². The molecule has 5 rings (SSSR count). The first kappa shape index (κ1) is 33.1. The zero-order valence-electron chi connectivity index (χ0n) is 25.2. The van der Waals surface area contributed by atoms with E-state index in [2.05, 4.69) is 36.4 Å². The molecule has 1 fully saturated rings. The summed E-state index contributed by atoms with van der Waals surface area (Å²) in [5.41, 5.74) is 3.03. The molecule has 2 atom stereocenters. The van der Waals surface area contributed by atoms with E-state index >= 15 is 0 Å². The molecule has 240 valence electrons. The number of rotatable bonds is 12. The van der Waals surface area contributed by atoms with Crippen molar-refractivity contribution in [3.8, 4) is 0 Å². The van der Waals surface area contributed by atoms with Crippen molar-refractivity contribution in [2.75, 3.05) is 26.4 Å². The maximum absolute atomic E-state index is 14.3. The van der Waals surface area contributed by atoms with Gasteiger partial charge in [0.05, 0.1) is 30.6 Å². The minimum absolute atomic E-state index is 0.0288. The molecule has 0 unspecified atom stereocenters. The molecule has 0 saturated carbocycles. The molecule has 0 aromatic heterocycles. The zero-order chi connectivity index (χ0) is 32.5. The highest BCUT2D eigenvalue weighted by Gasteiger charge is 2.44. The van der Waals surface area contributed by atoms with E-state index in [1.54, 1.807) is 18.7 Å². The van der Waals surface area contributed by atoms with Crippen LogP contribution in [0.3, 0.4) is 0 Å². The lowest BCUT2D eigenvalue weighted by molar-refractivity contribution is -0.146. The van der Waals surface area contributed by atoms with Gasteiger partial charge in [-0.3, -0.25) is 0 Å². The molecule has 0 spiro atoms. The Morgan fingerprint density at radius 1 is 0.804 bits per heavy atom. The first-order valence-corrected chi connectivity index (χ1v) is 15.8. The number of thioether (sulfide) groups is 1. The monoisotopic (exact) mass is 649 g/mol. The Balaban J connectivity index is 1.44. The molecule has 6 nitrogen and oxygen atoms in total. The van der Waals surface area contributed by atoms with Crippen LogP contribution in [0.2, 0.25) is 0 Å². The highest BCUT2D eigenvalue weighted by molar-refractivity contribution is 8.01. The average Bonchev–Trinajstić information content (AvgIpc) is 3.48. The van der Waals surface area contributed by atoms with Crippen LogP contribution in [-0.2, 0) is 30.4 Å². The fourth-order valence-electron chi connectivity index (χ4n) is 5.70. The third kappa shape index (κ3) is 7.57. The van der Waals surface area contributed by atoms with Gasteiger partial charge in [0.2, 0.25) is 0 Å². The molecule has 1 amide bonds. The SMILES string of the molecule is CCOC(=O)COC(=O)N1C[C@H](SC(c2ccccc2)(c2ccccc2)c2ccccc2)C[C@H]1COCc1cc(F)c(F)cc1F. The van der Waals surface area contributed by atoms with Crippen LogP contribution < -0.4 is 0 Å². The van der Waals surface area contributed by atoms with Crippen molar-refractivity contribution < 1.29 is 37.0 Å². The molecular formula is C36H34F3NO5S. The topological polar surface area (TPSA) is 65.1 Å². The van der Waals surface area contributed by atoms with Crippen molar-refractivity contribution in [3.05, 3.63) is 143 Å². The van der Waals surface area contributed by atoms with Gasteiger partial charge in [-0.1, -0.05) is 91.0 Å². The fourth-order valence-corrected chi connectivity index (χ4v) is 7.57. The van der Waals surface area contributed by atoms with Crippen LogP contribution in [0, 0.1) is 17.5 Å². The smallest absolute Gasteiger partial charge is 0.410 e. The minimum Gasteiger partial charge on any atom is -0.463 e. The van der Waals surface area contributed by atoms with Crippen LogP contribution in [0.15, 0.2) is 103 Å². The number of carbonyl (C=O) groups excluding carboxylic acids is 2. The van der Waals surface area contributed by atoms with Crippen LogP contribution >= 0.6 is 11.8 Å². The van der Waals surface area contributed by atoms with Gasteiger partial charge in [-0.05, 0) is 36.1 Å². The molecule has 4 aromatic carbocycles. The summed E-state index contributed by atoms with van der Waals surface area (Å²) >= 11 is 1.70. The van der Waals surface area contributed by atoms with Crippen molar-refractivity contribution in [3.63, 3.8) is 0 Å². The fraction of sp³-hybridized carbons (Fsp3) is 0.278. The second-order valence-corrected chi connectivity index (χ2v) is 12.3. The first-order chi connectivity index (χ1) is 22.3. The molecule has 1 saturated heterocycles. The minimum atomic E-state index is -1.29. The number of hydrogen-bond donors (Lipinski definition) is 0. The molecule has 0 aliphatic carbocycles. The van der Waals surface area contributed by atoms with Gasteiger partial charge in [0.1, 0.15) is 5.82 Å². The van der Waals surface area contributed by atoms with E-state index in [9.17, 15) is 22.8 Å². The van der Waals surface area contributed by atoms with Gasteiger partial charge in [-0.2, -0.15) is 0 Å². The Hall–Kier alpha value is -4.28. The molecular weight excluding hydrogens is 615 g/mol. The molecule has 0 radical (unpaired) electrons. The quantitative estimate of drug-likeness (QED) is 0.0901. The Kier molecular flexibility index (Phi) is 11.0. The van der Waals surface area contributed by atoms with Crippen LogP contribution in [0.1, 0.15) is 35.6 Å². The molecule has 1 aliphatic heterocycles. The van der Waals surface area contributed by atoms with Gasteiger partial charge in [0, 0.05) is 23.4 Å². The van der Waals surface area contributed by atoms with Crippen LogP contribution in [0.4, 0.5) is 18.0 Å². The second kappa shape index (κ2) is 15.3. The van der Waals surface area contributed by atoms with E-state index < -0.39 is 46.9 Å². The van der Waals surface area contributed by atoms with E-state index in [0.29, 0.717) is 12.5 Å². The van der Waals surface area contributed by atoms with Gasteiger partial charge in [0.25, 0.3) is 0 Å². The number of hydrogen-bond acceptors (Lipinski definition) is 6. The van der Waals surface area contributed by atoms with Crippen LogP contribution in [-0.4, -0.2) is 54.6 Å². The summed E-state index contributed by atoms with van der Waals surface area (Å²) in [7, 11) is 0. The Labute approximate surface area is 270 Å². The van der Waals surface area contributed by atoms with E-state index in [1.165, 1.54) is 4.90 Å². The number of halogens is 3. The van der Waals surface area contributed by atoms with Crippen LogP contribution in [0.25, 0.3) is 0 Å². The molecule has 10 heteroatoms. The third-order valence-corrected chi connectivity index (χ3v) is 9.51. The summed E-state index contributed by atoms with van der Waals surface area (Å²) in [4.78, 5) is 26.8. The average molecular weight is 650 g/mol. The summed E-state index contributed by atoms with van der Waals surface area (Å²) in [6.07, 6.45) is -0.235. The first-order valence-electron chi connectivity index (χ1n) is 15.0. The van der Waals surface area contributed by atoms with E-state index in [1.807, 2.05) is 54.6 Å². The summed E-state index contributed by atoms with van der Waals surface area (Å²) < 4.78 is 56.9. The van der Waals surface area contributed by atoms with Crippen molar-refractivity contribution >= 4 is 23.8 Å². The zero-order valence-corrected chi connectivity index (χ0v) is 26.1. The number of carbonyl (C=O) groups is 2. The molecule has 0 N–H and O–H groups in total. The Morgan fingerprint density at radius 2 is 1.35 bits per heavy atom. The lowest BCUT2D eigenvalue weighted by Gasteiger charge is -2.37. The molecule has 4 aromatic rings. The molecule has 1 heterocycles. The molecule has 46 heavy (non-hydrogen) atoms. The number of nitrogens with zero attached hydrogens (tertiary/aromatic N) is 1. The van der Waals surface area contributed by atoms with Crippen molar-refractivity contribution in [1.82, 2.24) is 4.90 Å². The predicted octanol–water partition coefficient (Wildman–Crippen LogP) is 7.49. The summed E-state index contributed by atoms with van der Waals surface area (Å²) in [6, 6.07) is 31.1. The van der Waals surface area contributed by atoms with Gasteiger partial charge in [0.15, 0.2) is 18.2 Å². The normalized spacial score (nSPS) is 16.3.